The van der Waals surface area contributed by atoms with Crippen molar-refractivity contribution in [2.75, 3.05) is 7.05 Å². The topological polar surface area (TPSA) is 66.0 Å². The fraction of sp³-hybridized carbons (Fsp3) is 0.0625. The van der Waals surface area contributed by atoms with E-state index in [9.17, 15) is 4.79 Å². The highest BCUT2D eigenvalue weighted by Gasteiger charge is 2.14. The summed E-state index contributed by atoms with van der Waals surface area (Å²) in [5.41, 5.74) is 7.35. The van der Waals surface area contributed by atoms with Crippen LogP contribution >= 0.6 is 23.6 Å². The first-order chi connectivity index (χ1) is 11.2. The first kappa shape index (κ1) is 15.4. The van der Waals surface area contributed by atoms with Crippen LogP contribution in [0.15, 0.2) is 47.8 Å². The molecule has 5 nitrogen and oxygen atoms in total. The number of rotatable bonds is 2. The zero-order valence-electron chi connectivity index (χ0n) is 12.3. The van der Waals surface area contributed by atoms with Crippen molar-refractivity contribution in [2.24, 2.45) is 0 Å². The zero-order chi connectivity index (χ0) is 16.2. The van der Waals surface area contributed by atoms with E-state index in [0.29, 0.717) is 10.7 Å². The smallest absolute Gasteiger partial charge is 0.270 e. The fourth-order valence-electron chi connectivity index (χ4n) is 2.16. The number of fused-ring (bicyclic) bond motifs is 1. The van der Waals surface area contributed by atoms with Crippen molar-refractivity contribution in [1.29, 1.82) is 0 Å². The summed E-state index contributed by atoms with van der Waals surface area (Å²) in [4.78, 5) is 18.2. The van der Waals surface area contributed by atoms with E-state index in [2.05, 4.69) is 21.2 Å². The molecule has 0 radical (unpaired) electrons. The van der Waals surface area contributed by atoms with Gasteiger partial charge in [-0.05, 0) is 35.8 Å². The molecule has 0 atom stereocenters. The number of hydrogen-bond acceptors (Lipinski definition) is 4. The summed E-state index contributed by atoms with van der Waals surface area (Å²) in [6, 6.07) is 13.3. The average Bonchev–Trinajstić information content (AvgIpc) is 3.13. The van der Waals surface area contributed by atoms with Gasteiger partial charge in [-0.1, -0.05) is 24.3 Å². The summed E-state index contributed by atoms with van der Waals surface area (Å²) in [6.45, 7) is 0. The minimum absolute atomic E-state index is 0.265. The Balaban J connectivity index is 2.03. The molecule has 0 unspecified atom stereocenters. The lowest BCUT2D eigenvalue weighted by Gasteiger charge is -2.11. The lowest BCUT2D eigenvalue weighted by molar-refractivity contribution is 0.0945. The maximum Gasteiger partial charge on any atom is 0.270 e. The van der Waals surface area contributed by atoms with Crippen LogP contribution in [0, 0.1) is 0 Å². The summed E-state index contributed by atoms with van der Waals surface area (Å²) < 4.78 is 0. The zero-order valence-corrected chi connectivity index (χ0v) is 13.9. The van der Waals surface area contributed by atoms with Crippen LogP contribution in [-0.4, -0.2) is 23.1 Å². The number of para-hydroxylation sites is 1. The Morgan fingerprint density at radius 3 is 2.74 bits per heavy atom. The molecule has 1 aromatic carbocycles. The summed E-state index contributed by atoms with van der Waals surface area (Å²) in [5.74, 6) is -0.265. The molecule has 2 aromatic heterocycles. The van der Waals surface area contributed by atoms with Crippen molar-refractivity contribution >= 4 is 45.5 Å². The molecule has 3 rings (SSSR count). The summed E-state index contributed by atoms with van der Waals surface area (Å²) in [6.07, 6.45) is 0. The van der Waals surface area contributed by atoms with Gasteiger partial charge < -0.3 is 5.32 Å². The maximum atomic E-state index is 12.5. The van der Waals surface area contributed by atoms with Crippen LogP contribution in [0.1, 0.15) is 10.4 Å². The number of thiophene rings is 1. The van der Waals surface area contributed by atoms with E-state index in [1.807, 2.05) is 41.8 Å². The number of hydrogen-bond donors (Lipinski definition) is 3. The van der Waals surface area contributed by atoms with Crippen LogP contribution in [0.4, 0.5) is 0 Å². The Bertz CT molecular complexity index is 862. The van der Waals surface area contributed by atoms with Crippen molar-refractivity contribution in [3.8, 4) is 10.6 Å². The molecular formula is C16H14N4OS2. The number of carbonyl (C=O) groups excluding carboxylic acids is 1. The van der Waals surface area contributed by atoms with Crippen molar-refractivity contribution in [1.82, 2.24) is 21.2 Å². The molecule has 116 valence electrons. The van der Waals surface area contributed by atoms with Crippen LogP contribution < -0.4 is 16.2 Å². The van der Waals surface area contributed by atoms with Crippen molar-refractivity contribution in [3.05, 3.63) is 53.4 Å². The standard InChI is InChI=1S/C16H14N4OS2/c1-17-16(22)20-19-15(21)11-9-13(14-7-4-8-23-14)18-12-6-3-2-5-10(11)12/h2-9H,1H3,(H,19,21)(H2,17,20,22). The van der Waals surface area contributed by atoms with Crippen LogP contribution in [0.5, 0.6) is 0 Å². The molecule has 0 aliphatic rings. The van der Waals surface area contributed by atoms with Gasteiger partial charge in [-0.2, -0.15) is 0 Å². The molecule has 0 saturated carbocycles. The van der Waals surface area contributed by atoms with E-state index in [1.54, 1.807) is 24.5 Å². The number of thiocarbonyl (C=S) groups is 1. The van der Waals surface area contributed by atoms with Gasteiger partial charge in [0.2, 0.25) is 0 Å². The van der Waals surface area contributed by atoms with Gasteiger partial charge in [-0.25, -0.2) is 4.98 Å². The molecule has 1 amide bonds. The number of benzene rings is 1. The lowest BCUT2D eigenvalue weighted by atomic mass is 10.1. The number of nitrogens with zero attached hydrogens (tertiary/aromatic N) is 1. The first-order valence-corrected chi connectivity index (χ1v) is 8.19. The van der Waals surface area contributed by atoms with Crippen molar-refractivity contribution in [3.63, 3.8) is 0 Å². The Labute approximate surface area is 142 Å². The SMILES string of the molecule is CNC(=S)NNC(=O)c1cc(-c2cccs2)nc2ccccc12. The second-order valence-electron chi connectivity index (χ2n) is 4.71. The number of aromatic nitrogens is 1. The van der Waals surface area contributed by atoms with Gasteiger partial charge >= 0.3 is 0 Å². The van der Waals surface area contributed by atoms with Gasteiger partial charge in [0.25, 0.3) is 5.91 Å². The van der Waals surface area contributed by atoms with Crippen molar-refractivity contribution < 1.29 is 4.79 Å². The first-order valence-electron chi connectivity index (χ1n) is 6.91. The summed E-state index contributed by atoms with van der Waals surface area (Å²) in [5, 5.41) is 5.86. The van der Waals surface area contributed by atoms with Crippen molar-refractivity contribution in [2.45, 2.75) is 0 Å². The Hall–Kier alpha value is -2.51. The van der Waals surface area contributed by atoms with Crippen LogP contribution in [0.25, 0.3) is 21.5 Å². The van der Waals surface area contributed by atoms with E-state index in [1.165, 1.54) is 0 Å². The van der Waals surface area contributed by atoms with Crippen LogP contribution in [0.2, 0.25) is 0 Å². The normalized spacial score (nSPS) is 10.3. The molecule has 0 aliphatic heterocycles. The summed E-state index contributed by atoms with van der Waals surface area (Å²) in [7, 11) is 1.68. The van der Waals surface area contributed by atoms with Gasteiger partial charge in [-0.15, -0.1) is 11.3 Å². The Kier molecular flexibility index (Phi) is 4.50. The van der Waals surface area contributed by atoms with E-state index in [-0.39, 0.29) is 5.91 Å². The molecule has 0 saturated heterocycles. The molecule has 3 aromatic rings. The number of amides is 1. The third-order valence-electron chi connectivity index (χ3n) is 3.25. The van der Waals surface area contributed by atoms with E-state index < -0.39 is 0 Å². The fourth-order valence-corrected chi connectivity index (χ4v) is 2.89. The predicted molar refractivity (Wildman–Crippen MR) is 97.3 cm³/mol. The lowest BCUT2D eigenvalue weighted by Crippen LogP contribution is -2.45. The van der Waals surface area contributed by atoms with Gasteiger partial charge in [-0.3, -0.25) is 15.6 Å². The molecule has 0 spiro atoms. The van der Waals surface area contributed by atoms with Gasteiger partial charge in [0.05, 0.1) is 21.7 Å². The maximum absolute atomic E-state index is 12.5. The molecule has 2 heterocycles. The second kappa shape index (κ2) is 6.72. The number of carbonyl (C=O) groups is 1. The number of nitrogens with one attached hydrogen (secondary N) is 3. The number of hydrazine groups is 1. The van der Waals surface area contributed by atoms with Crippen LogP contribution in [-0.2, 0) is 0 Å². The molecule has 0 bridgehead atoms. The van der Waals surface area contributed by atoms with Gasteiger partial charge in [0.1, 0.15) is 0 Å². The second-order valence-corrected chi connectivity index (χ2v) is 6.06. The highest BCUT2D eigenvalue weighted by Crippen LogP contribution is 2.27. The quantitative estimate of drug-likeness (QED) is 0.494. The summed E-state index contributed by atoms with van der Waals surface area (Å²) >= 11 is 6.55. The highest BCUT2D eigenvalue weighted by molar-refractivity contribution is 7.80. The Morgan fingerprint density at radius 2 is 2.00 bits per heavy atom. The largest absolute Gasteiger partial charge is 0.364 e. The molecule has 7 heteroatoms. The van der Waals surface area contributed by atoms with E-state index >= 15 is 0 Å². The van der Waals surface area contributed by atoms with Crippen LogP contribution in [0.3, 0.4) is 0 Å². The monoisotopic (exact) mass is 342 g/mol. The molecular weight excluding hydrogens is 328 g/mol. The number of pyridine rings is 1. The minimum atomic E-state index is -0.265. The third-order valence-corrected chi connectivity index (χ3v) is 4.45. The molecule has 3 N–H and O–H groups in total. The minimum Gasteiger partial charge on any atom is -0.364 e. The third kappa shape index (κ3) is 3.30. The molecule has 0 fully saturated rings. The van der Waals surface area contributed by atoms with E-state index in [0.717, 1.165) is 21.5 Å². The van der Waals surface area contributed by atoms with Gasteiger partial charge in [0, 0.05) is 12.4 Å². The molecule has 23 heavy (non-hydrogen) atoms. The predicted octanol–water partition coefficient (Wildman–Crippen LogP) is 2.70. The Morgan fingerprint density at radius 1 is 1.17 bits per heavy atom. The van der Waals surface area contributed by atoms with Gasteiger partial charge in [0.15, 0.2) is 5.11 Å². The average molecular weight is 342 g/mol. The van der Waals surface area contributed by atoms with E-state index in [4.69, 9.17) is 12.2 Å². The highest BCUT2D eigenvalue weighted by atomic mass is 32.1. The molecule has 0 aliphatic carbocycles.